The predicted octanol–water partition coefficient (Wildman–Crippen LogP) is 1.68. The first-order chi connectivity index (χ1) is 12.7. The Morgan fingerprint density at radius 1 is 0.962 bits per heavy atom. The van der Waals surface area contributed by atoms with Crippen LogP contribution in [-0.2, 0) is 16.1 Å². The maximum atomic E-state index is 12.6. The molecule has 3 heterocycles. The molecule has 2 amide bonds. The minimum Gasteiger partial charge on any atom is -0.342 e. The Kier molecular flexibility index (Phi) is 4.86. The summed E-state index contributed by atoms with van der Waals surface area (Å²) in [7, 11) is 0. The summed E-state index contributed by atoms with van der Waals surface area (Å²) < 4.78 is 1.66. The number of benzene rings is 1. The lowest BCUT2D eigenvalue weighted by atomic mass is 9.94. The molecule has 7 nitrogen and oxygen atoms in total. The van der Waals surface area contributed by atoms with E-state index in [4.69, 9.17) is 0 Å². The van der Waals surface area contributed by atoms with E-state index in [1.54, 1.807) is 4.68 Å². The lowest BCUT2D eigenvalue weighted by Gasteiger charge is -2.35. The largest absolute Gasteiger partial charge is 0.342 e. The molecule has 0 saturated carbocycles. The van der Waals surface area contributed by atoms with Crippen LogP contribution in [0, 0.1) is 5.92 Å². The van der Waals surface area contributed by atoms with Crippen molar-refractivity contribution < 1.29 is 9.59 Å². The van der Waals surface area contributed by atoms with Gasteiger partial charge in [-0.05, 0) is 44.2 Å². The molecule has 7 heteroatoms. The molecule has 2 aromatic rings. The third-order valence-corrected chi connectivity index (χ3v) is 5.57. The fourth-order valence-electron chi connectivity index (χ4n) is 4.01. The van der Waals surface area contributed by atoms with Gasteiger partial charge in [-0.15, -0.1) is 5.10 Å². The maximum Gasteiger partial charge on any atom is 0.244 e. The van der Waals surface area contributed by atoms with Gasteiger partial charge in [0.15, 0.2) is 0 Å². The summed E-state index contributed by atoms with van der Waals surface area (Å²) in [6.45, 7) is 3.30. The molecule has 0 N–H and O–H groups in total. The Bertz CT molecular complexity index is 788. The number of aromatic nitrogens is 3. The molecule has 138 valence electrons. The molecule has 0 spiro atoms. The van der Waals surface area contributed by atoms with Gasteiger partial charge in [-0.25, -0.2) is 4.68 Å². The van der Waals surface area contributed by atoms with Gasteiger partial charge in [0.05, 0.1) is 5.52 Å². The number of carbonyl (C=O) groups excluding carboxylic acids is 2. The van der Waals surface area contributed by atoms with Crippen molar-refractivity contribution in [2.45, 2.75) is 38.6 Å². The Labute approximate surface area is 152 Å². The average molecular weight is 355 g/mol. The van der Waals surface area contributed by atoms with Crippen molar-refractivity contribution in [1.82, 2.24) is 24.8 Å². The number of rotatable bonds is 3. The van der Waals surface area contributed by atoms with E-state index >= 15 is 0 Å². The van der Waals surface area contributed by atoms with E-state index in [9.17, 15) is 9.59 Å². The van der Waals surface area contributed by atoms with Crippen LogP contribution in [0.2, 0.25) is 0 Å². The number of hydrogen-bond donors (Lipinski definition) is 0. The number of nitrogens with zero attached hydrogens (tertiary/aromatic N) is 5. The normalized spacial score (nSPS) is 19.1. The van der Waals surface area contributed by atoms with Crippen molar-refractivity contribution in [3.63, 3.8) is 0 Å². The van der Waals surface area contributed by atoms with Crippen LogP contribution in [0.4, 0.5) is 0 Å². The average Bonchev–Trinajstić information content (AvgIpc) is 3.11. The molecule has 0 bridgehead atoms. The van der Waals surface area contributed by atoms with Crippen LogP contribution in [0.3, 0.4) is 0 Å². The molecular formula is C19H25N5O2. The first-order valence-corrected chi connectivity index (χ1v) is 9.57. The van der Waals surface area contributed by atoms with Gasteiger partial charge in [0.1, 0.15) is 12.1 Å². The maximum absolute atomic E-state index is 12.6. The highest BCUT2D eigenvalue weighted by Crippen LogP contribution is 2.22. The van der Waals surface area contributed by atoms with E-state index in [0.29, 0.717) is 19.0 Å². The van der Waals surface area contributed by atoms with Gasteiger partial charge in [0.25, 0.3) is 0 Å². The van der Waals surface area contributed by atoms with Gasteiger partial charge >= 0.3 is 0 Å². The van der Waals surface area contributed by atoms with Crippen LogP contribution < -0.4 is 0 Å². The molecular weight excluding hydrogens is 330 g/mol. The topological polar surface area (TPSA) is 71.3 Å². The second-order valence-corrected chi connectivity index (χ2v) is 7.28. The summed E-state index contributed by atoms with van der Waals surface area (Å²) in [6, 6.07) is 7.64. The van der Waals surface area contributed by atoms with Crippen LogP contribution in [0.5, 0.6) is 0 Å². The number of hydrogen-bond acceptors (Lipinski definition) is 4. The van der Waals surface area contributed by atoms with Crippen molar-refractivity contribution in [3.8, 4) is 0 Å². The highest BCUT2D eigenvalue weighted by Gasteiger charge is 2.30. The molecule has 2 aliphatic rings. The Morgan fingerprint density at radius 3 is 2.46 bits per heavy atom. The van der Waals surface area contributed by atoms with Crippen LogP contribution in [0.15, 0.2) is 24.3 Å². The summed E-state index contributed by atoms with van der Waals surface area (Å²) in [5, 5.41) is 8.19. The van der Waals surface area contributed by atoms with E-state index < -0.39 is 0 Å². The molecule has 26 heavy (non-hydrogen) atoms. The smallest absolute Gasteiger partial charge is 0.244 e. The molecule has 2 aliphatic heterocycles. The van der Waals surface area contributed by atoms with Crippen molar-refractivity contribution in [3.05, 3.63) is 24.3 Å². The van der Waals surface area contributed by atoms with Crippen LogP contribution >= 0.6 is 0 Å². The van der Waals surface area contributed by atoms with Crippen molar-refractivity contribution in [2.24, 2.45) is 5.92 Å². The lowest BCUT2D eigenvalue weighted by molar-refractivity contribution is -0.141. The zero-order valence-electron chi connectivity index (χ0n) is 15.0. The van der Waals surface area contributed by atoms with Gasteiger partial charge in [-0.2, -0.15) is 0 Å². The molecule has 0 atom stereocenters. The van der Waals surface area contributed by atoms with Crippen molar-refractivity contribution in [1.29, 1.82) is 0 Å². The second-order valence-electron chi connectivity index (χ2n) is 7.28. The monoisotopic (exact) mass is 355 g/mol. The fraction of sp³-hybridized carbons (Fsp3) is 0.579. The van der Waals surface area contributed by atoms with Crippen molar-refractivity contribution >= 4 is 22.8 Å². The number of likely N-dealkylation sites (tertiary alicyclic amines) is 2. The number of fused-ring (bicyclic) bond motifs is 1. The van der Waals surface area contributed by atoms with Crippen LogP contribution in [0.1, 0.15) is 32.1 Å². The quantitative estimate of drug-likeness (QED) is 0.840. The van der Waals surface area contributed by atoms with E-state index in [2.05, 4.69) is 10.3 Å². The Morgan fingerprint density at radius 2 is 1.69 bits per heavy atom. The highest BCUT2D eigenvalue weighted by molar-refractivity contribution is 5.81. The summed E-state index contributed by atoms with van der Waals surface area (Å²) in [6.07, 6.45) is 5.00. The predicted molar refractivity (Wildman–Crippen MR) is 97.3 cm³/mol. The Hall–Kier alpha value is -2.44. The first-order valence-electron chi connectivity index (χ1n) is 9.57. The van der Waals surface area contributed by atoms with E-state index in [1.165, 1.54) is 6.42 Å². The van der Waals surface area contributed by atoms with Crippen molar-refractivity contribution in [2.75, 3.05) is 26.2 Å². The van der Waals surface area contributed by atoms with Gasteiger partial charge in [-0.3, -0.25) is 9.59 Å². The number of amides is 2. The number of carbonyl (C=O) groups is 2. The van der Waals surface area contributed by atoms with E-state index in [0.717, 1.165) is 49.8 Å². The molecule has 0 radical (unpaired) electrons. The summed E-state index contributed by atoms with van der Waals surface area (Å²) in [5.74, 6) is 0.410. The number of piperidine rings is 2. The standard InChI is InChI=1S/C19H25N5O2/c25-18(14-24-17-7-3-2-6-16(17)20-21-24)22-12-8-15(9-13-22)19(26)23-10-4-1-5-11-23/h2-3,6-7,15H,1,4-5,8-14H2. The molecule has 0 aliphatic carbocycles. The van der Waals surface area contributed by atoms with Gasteiger partial charge in [-0.1, -0.05) is 17.3 Å². The Balaban J connectivity index is 1.32. The number of para-hydroxylation sites is 1. The third-order valence-electron chi connectivity index (χ3n) is 5.57. The van der Waals surface area contributed by atoms with Crippen LogP contribution in [-0.4, -0.2) is 62.8 Å². The molecule has 2 saturated heterocycles. The summed E-state index contributed by atoms with van der Waals surface area (Å²) in [5.41, 5.74) is 1.67. The molecule has 0 unspecified atom stereocenters. The molecule has 1 aromatic carbocycles. The first kappa shape index (κ1) is 17.0. The second kappa shape index (κ2) is 7.43. The SMILES string of the molecule is O=C(Cn1nnc2ccccc21)N1CCC(C(=O)N2CCCCC2)CC1. The zero-order chi connectivity index (χ0) is 17.9. The van der Waals surface area contributed by atoms with E-state index in [1.807, 2.05) is 34.1 Å². The molecule has 4 rings (SSSR count). The summed E-state index contributed by atoms with van der Waals surface area (Å²) >= 11 is 0. The minimum atomic E-state index is 0.0459. The van der Waals surface area contributed by atoms with Gasteiger partial charge in [0.2, 0.25) is 11.8 Å². The zero-order valence-corrected chi connectivity index (χ0v) is 15.0. The summed E-state index contributed by atoms with van der Waals surface area (Å²) in [4.78, 5) is 29.1. The minimum absolute atomic E-state index is 0.0459. The highest BCUT2D eigenvalue weighted by atomic mass is 16.2. The fourth-order valence-corrected chi connectivity index (χ4v) is 4.01. The third kappa shape index (κ3) is 3.43. The van der Waals surface area contributed by atoms with Crippen LogP contribution in [0.25, 0.3) is 11.0 Å². The van der Waals surface area contributed by atoms with Gasteiger partial charge in [0, 0.05) is 32.1 Å². The van der Waals surface area contributed by atoms with Gasteiger partial charge < -0.3 is 9.80 Å². The van der Waals surface area contributed by atoms with E-state index in [-0.39, 0.29) is 18.4 Å². The molecule has 1 aromatic heterocycles. The molecule has 2 fully saturated rings. The lowest BCUT2D eigenvalue weighted by Crippen LogP contribution is -2.46.